The lowest BCUT2D eigenvalue weighted by atomic mass is 9.71. The van der Waals surface area contributed by atoms with E-state index in [2.05, 4.69) is 4.90 Å². The third-order valence-electron chi connectivity index (χ3n) is 5.11. The van der Waals surface area contributed by atoms with E-state index in [1.165, 1.54) is 6.42 Å². The number of carbonyl (C=O) groups excluding carboxylic acids is 1. The minimum absolute atomic E-state index is 0.179. The maximum atomic E-state index is 12.3. The summed E-state index contributed by atoms with van der Waals surface area (Å²) >= 11 is 0. The number of nitrogens with zero attached hydrogens (tertiary/aromatic N) is 2. The molecular weight excluding hydrogens is 252 g/mol. The third kappa shape index (κ3) is 2.54. The largest absolute Gasteiger partial charge is 0.390 e. The maximum absolute atomic E-state index is 12.3. The summed E-state index contributed by atoms with van der Waals surface area (Å²) < 4.78 is 1.88. The lowest BCUT2D eigenvalue weighted by molar-refractivity contribution is -0.0936. The Labute approximate surface area is 120 Å². The molecule has 1 aliphatic carbocycles. The van der Waals surface area contributed by atoms with Gasteiger partial charge >= 0.3 is 0 Å². The second-order valence-corrected chi connectivity index (χ2v) is 6.46. The predicted octanol–water partition coefficient (Wildman–Crippen LogP) is 1.83. The van der Waals surface area contributed by atoms with E-state index in [-0.39, 0.29) is 5.78 Å². The quantitative estimate of drug-likeness (QED) is 0.857. The SMILES string of the molecule is Cn1cccc1C(=O)CN1CCC2(O)CCCCC2C1. The second kappa shape index (κ2) is 5.34. The van der Waals surface area contributed by atoms with E-state index in [0.717, 1.165) is 44.5 Å². The van der Waals surface area contributed by atoms with Crippen LogP contribution >= 0.6 is 0 Å². The number of hydrogen-bond acceptors (Lipinski definition) is 3. The van der Waals surface area contributed by atoms with Crippen molar-refractivity contribution in [1.29, 1.82) is 0 Å². The average molecular weight is 276 g/mol. The summed E-state index contributed by atoms with van der Waals surface area (Å²) in [6.45, 7) is 2.18. The first-order valence-corrected chi connectivity index (χ1v) is 7.68. The first-order valence-electron chi connectivity index (χ1n) is 7.68. The van der Waals surface area contributed by atoms with Gasteiger partial charge in [-0.2, -0.15) is 0 Å². The molecule has 20 heavy (non-hydrogen) atoms. The summed E-state index contributed by atoms with van der Waals surface area (Å²) in [5.74, 6) is 0.532. The Morgan fingerprint density at radius 2 is 2.30 bits per heavy atom. The summed E-state index contributed by atoms with van der Waals surface area (Å²) in [6, 6.07) is 3.78. The molecule has 1 saturated heterocycles. The van der Waals surface area contributed by atoms with Crippen LogP contribution < -0.4 is 0 Å². The number of aryl methyl sites for hydroxylation is 1. The van der Waals surface area contributed by atoms with Crippen molar-refractivity contribution < 1.29 is 9.90 Å². The molecule has 4 heteroatoms. The number of aromatic nitrogens is 1. The summed E-state index contributed by atoms with van der Waals surface area (Å²) in [5.41, 5.74) is 0.317. The van der Waals surface area contributed by atoms with Crippen molar-refractivity contribution in [2.24, 2.45) is 13.0 Å². The fourth-order valence-electron chi connectivity index (χ4n) is 3.82. The molecule has 1 aliphatic heterocycles. The van der Waals surface area contributed by atoms with E-state index >= 15 is 0 Å². The number of rotatable bonds is 3. The third-order valence-corrected chi connectivity index (χ3v) is 5.11. The zero-order valence-corrected chi connectivity index (χ0v) is 12.2. The number of fused-ring (bicyclic) bond motifs is 1. The normalized spacial score (nSPS) is 31.0. The van der Waals surface area contributed by atoms with Gasteiger partial charge in [-0.1, -0.05) is 12.8 Å². The molecule has 4 nitrogen and oxygen atoms in total. The molecule has 2 heterocycles. The van der Waals surface area contributed by atoms with Crippen LogP contribution in [0.5, 0.6) is 0 Å². The molecule has 1 saturated carbocycles. The highest BCUT2D eigenvalue weighted by atomic mass is 16.3. The van der Waals surface area contributed by atoms with E-state index in [4.69, 9.17) is 0 Å². The highest BCUT2D eigenvalue weighted by Crippen LogP contribution is 2.39. The Morgan fingerprint density at radius 3 is 3.05 bits per heavy atom. The fraction of sp³-hybridized carbons (Fsp3) is 0.688. The van der Waals surface area contributed by atoms with Crippen molar-refractivity contribution >= 4 is 5.78 Å². The molecule has 2 fully saturated rings. The zero-order chi connectivity index (χ0) is 14.2. The van der Waals surface area contributed by atoms with Crippen LogP contribution in [-0.4, -0.2) is 45.6 Å². The molecule has 2 aliphatic rings. The minimum Gasteiger partial charge on any atom is -0.390 e. The van der Waals surface area contributed by atoms with Gasteiger partial charge in [0, 0.05) is 32.3 Å². The molecule has 3 rings (SSSR count). The molecule has 0 spiro atoms. The molecule has 1 aromatic heterocycles. The van der Waals surface area contributed by atoms with Gasteiger partial charge in [-0.05, 0) is 31.4 Å². The smallest absolute Gasteiger partial charge is 0.193 e. The summed E-state index contributed by atoms with van der Waals surface area (Å²) in [5, 5.41) is 10.7. The first kappa shape index (κ1) is 13.8. The Kier molecular flexibility index (Phi) is 3.69. The Hall–Kier alpha value is -1.13. The summed E-state index contributed by atoms with van der Waals surface area (Å²) in [4.78, 5) is 14.5. The van der Waals surface area contributed by atoms with Crippen molar-refractivity contribution in [3.8, 4) is 0 Å². The molecule has 0 radical (unpaired) electrons. The Bertz CT molecular complexity index is 496. The molecule has 1 N–H and O–H groups in total. The van der Waals surface area contributed by atoms with Crippen molar-refractivity contribution in [2.45, 2.75) is 37.7 Å². The Morgan fingerprint density at radius 1 is 1.45 bits per heavy atom. The van der Waals surface area contributed by atoms with Crippen molar-refractivity contribution in [3.63, 3.8) is 0 Å². The minimum atomic E-state index is -0.456. The van der Waals surface area contributed by atoms with Gasteiger partial charge in [0.15, 0.2) is 5.78 Å². The zero-order valence-electron chi connectivity index (χ0n) is 12.2. The molecule has 2 atom stereocenters. The van der Waals surface area contributed by atoms with Gasteiger partial charge in [0.05, 0.1) is 17.8 Å². The first-order chi connectivity index (χ1) is 9.58. The van der Waals surface area contributed by atoms with Crippen LogP contribution in [0, 0.1) is 5.92 Å². The van der Waals surface area contributed by atoms with Crippen molar-refractivity contribution in [1.82, 2.24) is 9.47 Å². The number of hydrogen-bond donors (Lipinski definition) is 1. The second-order valence-electron chi connectivity index (χ2n) is 6.46. The highest BCUT2D eigenvalue weighted by Gasteiger charge is 2.42. The number of aliphatic hydroxyl groups is 1. The van der Waals surface area contributed by atoms with Gasteiger partial charge in [0.25, 0.3) is 0 Å². The van der Waals surface area contributed by atoms with E-state index in [1.54, 1.807) is 0 Å². The maximum Gasteiger partial charge on any atom is 0.193 e. The van der Waals surface area contributed by atoms with E-state index in [9.17, 15) is 9.90 Å². The molecule has 2 unspecified atom stereocenters. The van der Waals surface area contributed by atoms with Gasteiger partial charge in [0.2, 0.25) is 0 Å². The van der Waals surface area contributed by atoms with Crippen LogP contribution in [0.1, 0.15) is 42.6 Å². The van der Waals surface area contributed by atoms with Crippen LogP contribution in [0.2, 0.25) is 0 Å². The number of ketones is 1. The Balaban J connectivity index is 1.62. The monoisotopic (exact) mass is 276 g/mol. The number of Topliss-reactive ketones (excluding diaryl/α,β-unsaturated/α-hetero) is 1. The van der Waals surface area contributed by atoms with Gasteiger partial charge in [-0.25, -0.2) is 0 Å². The van der Waals surface area contributed by atoms with Crippen molar-refractivity contribution in [2.75, 3.05) is 19.6 Å². The van der Waals surface area contributed by atoms with Gasteiger partial charge in [-0.3, -0.25) is 9.69 Å². The molecule has 0 amide bonds. The van der Waals surface area contributed by atoms with Crippen LogP contribution in [-0.2, 0) is 7.05 Å². The lowest BCUT2D eigenvalue weighted by Gasteiger charge is -2.47. The van der Waals surface area contributed by atoms with Gasteiger partial charge < -0.3 is 9.67 Å². The standard InChI is InChI=1S/C16H24N2O2/c1-17-9-4-6-14(17)15(19)12-18-10-8-16(20)7-3-2-5-13(16)11-18/h4,6,9,13,20H,2-3,5,7-8,10-12H2,1H3. The fourth-order valence-corrected chi connectivity index (χ4v) is 3.82. The van der Waals surface area contributed by atoms with E-state index in [1.807, 2.05) is 29.9 Å². The highest BCUT2D eigenvalue weighted by molar-refractivity contribution is 5.96. The van der Waals surface area contributed by atoms with Crippen LogP contribution in [0.3, 0.4) is 0 Å². The number of piperidine rings is 1. The van der Waals surface area contributed by atoms with Gasteiger partial charge in [-0.15, -0.1) is 0 Å². The average Bonchev–Trinajstić information content (AvgIpc) is 2.85. The predicted molar refractivity (Wildman–Crippen MR) is 77.7 cm³/mol. The molecule has 0 bridgehead atoms. The lowest BCUT2D eigenvalue weighted by Crippen LogP contribution is -2.54. The van der Waals surface area contributed by atoms with Crippen molar-refractivity contribution in [3.05, 3.63) is 24.0 Å². The molecule has 0 aromatic carbocycles. The molecular formula is C16H24N2O2. The van der Waals surface area contributed by atoms with Crippen LogP contribution in [0.15, 0.2) is 18.3 Å². The summed E-state index contributed by atoms with van der Waals surface area (Å²) in [6.07, 6.45) is 7.13. The van der Waals surface area contributed by atoms with E-state index < -0.39 is 5.60 Å². The topological polar surface area (TPSA) is 45.5 Å². The van der Waals surface area contributed by atoms with Crippen LogP contribution in [0.25, 0.3) is 0 Å². The number of likely N-dealkylation sites (tertiary alicyclic amines) is 1. The molecule has 110 valence electrons. The van der Waals surface area contributed by atoms with Crippen LogP contribution in [0.4, 0.5) is 0 Å². The van der Waals surface area contributed by atoms with Gasteiger partial charge in [0.1, 0.15) is 0 Å². The summed E-state index contributed by atoms with van der Waals surface area (Å²) in [7, 11) is 1.91. The molecule has 1 aromatic rings. The van der Waals surface area contributed by atoms with E-state index in [0.29, 0.717) is 12.5 Å². The number of carbonyl (C=O) groups is 1.